The second-order valence-corrected chi connectivity index (χ2v) is 5.43. The van der Waals surface area contributed by atoms with Gasteiger partial charge in [0.25, 0.3) is 0 Å². The van der Waals surface area contributed by atoms with Gasteiger partial charge in [0.2, 0.25) is 5.91 Å². The van der Waals surface area contributed by atoms with Gasteiger partial charge in [-0.2, -0.15) is 0 Å². The standard InChI is InChI=1S/C15H22N2O3.ClH/c1-10(2)7-12(16)15(18)17-9-11-3-4-13-14(8-11)20-6-5-19-13;/h3-4,8,10,12H,5-7,9,16H2,1-2H3,(H,17,18);1H/t12-;/m0./s1. The summed E-state index contributed by atoms with van der Waals surface area (Å²) in [4.78, 5) is 11.8. The first-order chi connectivity index (χ1) is 9.56. The largest absolute Gasteiger partial charge is 0.486 e. The quantitative estimate of drug-likeness (QED) is 0.870. The highest BCUT2D eigenvalue weighted by atomic mass is 35.5. The molecule has 0 saturated carbocycles. The molecule has 0 bridgehead atoms. The van der Waals surface area contributed by atoms with Crippen molar-refractivity contribution in [2.24, 2.45) is 11.7 Å². The van der Waals surface area contributed by atoms with Crippen molar-refractivity contribution in [3.05, 3.63) is 23.8 Å². The van der Waals surface area contributed by atoms with Gasteiger partial charge in [0.1, 0.15) is 13.2 Å². The number of nitrogens with one attached hydrogen (secondary N) is 1. The van der Waals surface area contributed by atoms with Gasteiger partial charge in [-0.15, -0.1) is 12.4 Å². The molecule has 5 nitrogen and oxygen atoms in total. The molecule has 6 heteroatoms. The molecule has 0 aromatic heterocycles. The van der Waals surface area contributed by atoms with E-state index in [-0.39, 0.29) is 18.3 Å². The van der Waals surface area contributed by atoms with Gasteiger partial charge in [-0.05, 0) is 30.0 Å². The van der Waals surface area contributed by atoms with Crippen LogP contribution in [-0.4, -0.2) is 25.2 Å². The third-order valence-electron chi connectivity index (χ3n) is 3.14. The lowest BCUT2D eigenvalue weighted by Gasteiger charge is -2.19. The lowest BCUT2D eigenvalue weighted by molar-refractivity contribution is -0.122. The fourth-order valence-corrected chi connectivity index (χ4v) is 2.13. The van der Waals surface area contributed by atoms with E-state index in [4.69, 9.17) is 15.2 Å². The van der Waals surface area contributed by atoms with Crippen molar-refractivity contribution >= 4 is 18.3 Å². The molecular weight excluding hydrogens is 292 g/mol. The topological polar surface area (TPSA) is 73.6 Å². The van der Waals surface area contributed by atoms with Crippen molar-refractivity contribution < 1.29 is 14.3 Å². The highest BCUT2D eigenvalue weighted by Crippen LogP contribution is 2.30. The number of carbonyl (C=O) groups excluding carboxylic acids is 1. The Balaban J connectivity index is 0.00000220. The Morgan fingerprint density at radius 2 is 1.95 bits per heavy atom. The maximum Gasteiger partial charge on any atom is 0.237 e. The fraction of sp³-hybridized carbons (Fsp3) is 0.533. The van der Waals surface area contributed by atoms with Gasteiger partial charge >= 0.3 is 0 Å². The summed E-state index contributed by atoms with van der Waals surface area (Å²) in [6.45, 7) is 5.68. The molecule has 1 heterocycles. The molecule has 0 saturated heterocycles. The van der Waals surface area contributed by atoms with Crippen molar-refractivity contribution in [1.29, 1.82) is 0 Å². The minimum Gasteiger partial charge on any atom is -0.486 e. The van der Waals surface area contributed by atoms with E-state index in [1.165, 1.54) is 0 Å². The third-order valence-corrected chi connectivity index (χ3v) is 3.14. The van der Waals surface area contributed by atoms with Crippen LogP contribution >= 0.6 is 12.4 Å². The van der Waals surface area contributed by atoms with Crippen molar-refractivity contribution in [2.45, 2.75) is 32.9 Å². The lowest BCUT2D eigenvalue weighted by atomic mass is 10.0. The number of benzene rings is 1. The number of hydrogen-bond acceptors (Lipinski definition) is 4. The maximum atomic E-state index is 11.8. The molecule has 0 radical (unpaired) electrons. The first kappa shape index (κ1) is 17.6. The van der Waals surface area contributed by atoms with Crippen molar-refractivity contribution in [3.8, 4) is 11.5 Å². The van der Waals surface area contributed by atoms with Gasteiger partial charge in [-0.1, -0.05) is 19.9 Å². The molecule has 21 heavy (non-hydrogen) atoms. The number of nitrogens with two attached hydrogens (primary N) is 1. The smallest absolute Gasteiger partial charge is 0.237 e. The number of rotatable bonds is 5. The molecule has 0 fully saturated rings. The zero-order valence-electron chi connectivity index (χ0n) is 12.4. The van der Waals surface area contributed by atoms with Crippen molar-refractivity contribution in [2.75, 3.05) is 13.2 Å². The monoisotopic (exact) mass is 314 g/mol. The van der Waals surface area contributed by atoms with Crippen LogP contribution in [0, 0.1) is 5.92 Å². The molecule has 1 amide bonds. The van der Waals surface area contributed by atoms with Gasteiger partial charge < -0.3 is 20.5 Å². The average Bonchev–Trinajstić information content (AvgIpc) is 2.43. The summed E-state index contributed by atoms with van der Waals surface area (Å²) >= 11 is 0. The third kappa shape index (κ3) is 5.10. The number of amides is 1. The molecule has 0 unspecified atom stereocenters. The van der Waals surface area contributed by atoms with Gasteiger partial charge in [0, 0.05) is 6.54 Å². The Kier molecular flexibility index (Phi) is 6.78. The minimum atomic E-state index is -0.452. The highest BCUT2D eigenvalue weighted by Gasteiger charge is 2.15. The van der Waals surface area contributed by atoms with Gasteiger partial charge in [0.15, 0.2) is 11.5 Å². The zero-order chi connectivity index (χ0) is 14.5. The Bertz CT molecular complexity index is 480. The fourth-order valence-electron chi connectivity index (χ4n) is 2.13. The number of ether oxygens (including phenoxy) is 2. The van der Waals surface area contributed by atoms with Crippen molar-refractivity contribution in [1.82, 2.24) is 5.32 Å². The minimum absolute atomic E-state index is 0. The predicted molar refractivity (Wildman–Crippen MR) is 84.0 cm³/mol. The van der Waals surface area contributed by atoms with E-state index in [0.29, 0.717) is 32.1 Å². The molecule has 1 aliphatic heterocycles. The number of halogens is 1. The van der Waals surface area contributed by atoms with E-state index in [0.717, 1.165) is 17.1 Å². The summed E-state index contributed by atoms with van der Waals surface area (Å²) in [7, 11) is 0. The van der Waals surface area contributed by atoms with Gasteiger partial charge in [-0.25, -0.2) is 0 Å². The lowest BCUT2D eigenvalue weighted by Crippen LogP contribution is -2.41. The summed E-state index contributed by atoms with van der Waals surface area (Å²) < 4.78 is 11.0. The molecule has 0 aliphatic carbocycles. The Labute approximate surface area is 131 Å². The van der Waals surface area contributed by atoms with Crippen LogP contribution in [0.15, 0.2) is 18.2 Å². The summed E-state index contributed by atoms with van der Waals surface area (Å²) in [5.41, 5.74) is 6.81. The first-order valence-corrected chi connectivity index (χ1v) is 6.98. The Morgan fingerprint density at radius 3 is 2.62 bits per heavy atom. The SMILES string of the molecule is CC(C)C[C@H](N)C(=O)NCc1ccc2c(c1)OCCO2.Cl. The van der Waals surface area contributed by atoms with E-state index in [2.05, 4.69) is 5.32 Å². The summed E-state index contributed by atoms with van der Waals surface area (Å²) in [6, 6.07) is 5.22. The van der Waals surface area contributed by atoms with E-state index in [1.54, 1.807) is 0 Å². The normalized spacial score (nSPS) is 14.3. The summed E-state index contributed by atoms with van der Waals surface area (Å²) in [5.74, 6) is 1.77. The Hall–Kier alpha value is -1.46. The molecule has 1 aromatic rings. The number of carbonyl (C=O) groups is 1. The predicted octanol–water partition coefficient (Wildman–Crippen LogP) is 1.87. The first-order valence-electron chi connectivity index (χ1n) is 6.98. The number of fused-ring (bicyclic) bond motifs is 1. The van der Waals surface area contributed by atoms with E-state index >= 15 is 0 Å². The number of hydrogen-bond donors (Lipinski definition) is 2. The van der Waals surface area contributed by atoms with E-state index < -0.39 is 6.04 Å². The van der Waals surface area contributed by atoms with Crippen LogP contribution < -0.4 is 20.5 Å². The molecule has 1 aromatic carbocycles. The van der Waals surface area contributed by atoms with Gasteiger partial charge in [0.05, 0.1) is 6.04 Å². The molecule has 3 N–H and O–H groups in total. The van der Waals surface area contributed by atoms with Crippen LogP contribution in [0.25, 0.3) is 0 Å². The Morgan fingerprint density at radius 1 is 1.29 bits per heavy atom. The van der Waals surface area contributed by atoms with Crippen LogP contribution in [0.1, 0.15) is 25.8 Å². The van der Waals surface area contributed by atoms with Crippen LogP contribution in [0.5, 0.6) is 11.5 Å². The maximum absolute atomic E-state index is 11.8. The molecule has 1 aliphatic rings. The van der Waals surface area contributed by atoms with E-state index in [1.807, 2.05) is 32.0 Å². The zero-order valence-corrected chi connectivity index (χ0v) is 13.2. The molecular formula is C15H23ClN2O3. The van der Waals surface area contributed by atoms with Crippen LogP contribution in [0.2, 0.25) is 0 Å². The highest BCUT2D eigenvalue weighted by molar-refractivity contribution is 5.85. The molecule has 2 rings (SSSR count). The summed E-state index contributed by atoms with van der Waals surface area (Å²) in [6.07, 6.45) is 0.687. The second-order valence-electron chi connectivity index (χ2n) is 5.43. The molecule has 0 spiro atoms. The molecule has 1 atom stereocenters. The summed E-state index contributed by atoms with van der Waals surface area (Å²) in [5, 5.41) is 2.85. The average molecular weight is 315 g/mol. The van der Waals surface area contributed by atoms with E-state index in [9.17, 15) is 4.79 Å². The van der Waals surface area contributed by atoms with Crippen molar-refractivity contribution in [3.63, 3.8) is 0 Å². The second kappa shape index (κ2) is 8.10. The molecule has 118 valence electrons. The van der Waals surface area contributed by atoms with Crippen LogP contribution in [-0.2, 0) is 11.3 Å². The van der Waals surface area contributed by atoms with Crippen LogP contribution in [0.4, 0.5) is 0 Å². The van der Waals surface area contributed by atoms with Crippen LogP contribution in [0.3, 0.4) is 0 Å². The van der Waals surface area contributed by atoms with Gasteiger partial charge in [-0.3, -0.25) is 4.79 Å².